The van der Waals surface area contributed by atoms with Crippen LogP contribution in [0.3, 0.4) is 0 Å². The molecule has 0 aliphatic carbocycles. The van der Waals surface area contributed by atoms with E-state index in [1.807, 2.05) is 60.7 Å². The van der Waals surface area contributed by atoms with E-state index >= 15 is 0 Å². The zero-order valence-electron chi connectivity index (χ0n) is 15.3. The predicted octanol–water partition coefficient (Wildman–Crippen LogP) is 5.54. The van der Waals surface area contributed by atoms with Crippen LogP contribution in [-0.2, 0) is 0 Å². The quantitative estimate of drug-likeness (QED) is 0.571. The number of amides is 2. The molecule has 29 heavy (non-hydrogen) atoms. The molecule has 0 atom stereocenters. The lowest BCUT2D eigenvalue weighted by Gasteiger charge is -2.19. The zero-order valence-corrected chi connectivity index (χ0v) is 15.3. The summed E-state index contributed by atoms with van der Waals surface area (Å²) in [6.07, 6.45) is -4.75. The molecule has 3 aromatic rings. The van der Waals surface area contributed by atoms with E-state index in [1.54, 1.807) is 0 Å². The van der Waals surface area contributed by atoms with Crippen LogP contribution in [0, 0.1) is 0 Å². The fourth-order valence-corrected chi connectivity index (χ4v) is 2.91. The molecule has 4 nitrogen and oxygen atoms in total. The van der Waals surface area contributed by atoms with Crippen LogP contribution in [0.4, 0.5) is 23.7 Å². The van der Waals surface area contributed by atoms with Crippen LogP contribution in [0.2, 0.25) is 0 Å². The molecule has 0 fully saturated rings. The predicted molar refractivity (Wildman–Crippen MR) is 105 cm³/mol. The van der Waals surface area contributed by atoms with Gasteiger partial charge in [-0.05, 0) is 35.4 Å². The van der Waals surface area contributed by atoms with E-state index in [4.69, 9.17) is 0 Å². The Hall–Kier alpha value is -3.48. The summed E-state index contributed by atoms with van der Waals surface area (Å²) in [4.78, 5) is 12.3. The van der Waals surface area contributed by atoms with Gasteiger partial charge < -0.3 is 15.4 Å². The van der Waals surface area contributed by atoms with Crippen molar-refractivity contribution in [2.45, 2.75) is 12.3 Å². The Morgan fingerprint density at radius 2 is 1.34 bits per heavy atom. The maximum Gasteiger partial charge on any atom is 0.573 e. The molecule has 0 heterocycles. The number of carbonyl (C=O) groups is 1. The van der Waals surface area contributed by atoms with Crippen molar-refractivity contribution >= 4 is 11.7 Å². The number of rotatable bonds is 6. The van der Waals surface area contributed by atoms with Gasteiger partial charge in [-0.25, -0.2) is 4.79 Å². The first-order chi connectivity index (χ1) is 13.9. The van der Waals surface area contributed by atoms with Crippen molar-refractivity contribution in [3.05, 3.63) is 96.1 Å². The topological polar surface area (TPSA) is 50.4 Å². The molecule has 0 radical (unpaired) electrons. The molecule has 150 valence electrons. The molecule has 2 N–H and O–H groups in total. The molecule has 0 aliphatic heterocycles. The fourth-order valence-electron chi connectivity index (χ4n) is 2.91. The normalized spacial score (nSPS) is 11.2. The van der Waals surface area contributed by atoms with E-state index < -0.39 is 12.4 Å². The summed E-state index contributed by atoms with van der Waals surface area (Å²) in [5.41, 5.74) is 2.48. The number of hydrogen-bond acceptors (Lipinski definition) is 2. The average molecular weight is 400 g/mol. The van der Waals surface area contributed by atoms with Gasteiger partial charge in [0.15, 0.2) is 0 Å². The van der Waals surface area contributed by atoms with Gasteiger partial charge in [-0.15, -0.1) is 13.2 Å². The lowest BCUT2D eigenvalue weighted by Crippen LogP contribution is -2.32. The van der Waals surface area contributed by atoms with Crippen molar-refractivity contribution in [1.82, 2.24) is 5.32 Å². The first-order valence-corrected chi connectivity index (χ1v) is 8.91. The molecule has 0 spiro atoms. The van der Waals surface area contributed by atoms with Crippen molar-refractivity contribution < 1.29 is 22.7 Å². The van der Waals surface area contributed by atoms with E-state index in [9.17, 15) is 18.0 Å². The number of nitrogens with one attached hydrogen (secondary N) is 2. The SMILES string of the molecule is O=C(NCC(c1ccccc1)c1ccccc1)Nc1ccc(OC(F)(F)F)cc1. The van der Waals surface area contributed by atoms with Gasteiger partial charge in [0.2, 0.25) is 0 Å². The zero-order chi connectivity index (χ0) is 20.7. The first-order valence-electron chi connectivity index (χ1n) is 8.91. The van der Waals surface area contributed by atoms with Crippen LogP contribution in [0.5, 0.6) is 5.75 Å². The van der Waals surface area contributed by atoms with Gasteiger partial charge >= 0.3 is 12.4 Å². The number of urea groups is 1. The van der Waals surface area contributed by atoms with E-state index in [0.717, 1.165) is 23.3 Å². The lowest BCUT2D eigenvalue weighted by molar-refractivity contribution is -0.274. The Kier molecular flexibility index (Phi) is 6.39. The Bertz CT molecular complexity index is 875. The van der Waals surface area contributed by atoms with Crippen molar-refractivity contribution in [1.29, 1.82) is 0 Å². The van der Waals surface area contributed by atoms with Gasteiger partial charge in [-0.3, -0.25) is 0 Å². The molecular formula is C22H19F3N2O2. The van der Waals surface area contributed by atoms with Gasteiger partial charge in [0, 0.05) is 18.2 Å². The summed E-state index contributed by atoms with van der Waals surface area (Å²) >= 11 is 0. The number of anilines is 1. The first kappa shape index (κ1) is 20.3. The van der Waals surface area contributed by atoms with Gasteiger partial charge in [0.05, 0.1) is 0 Å². The van der Waals surface area contributed by atoms with Crippen LogP contribution in [0.25, 0.3) is 0 Å². The van der Waals surface area contributed by atoms with Crippen LogP contribution >= 0.6 is 0 Å². The summed E-state index contributed by atoms with van der Waals surface area (Å²) in [6.45, 7) is 0.356. The fraction of sp³-hybridized carbons (Fsp3) is 0.136. The highest BCUT2D eigenvalue weighted by Crippen LogP contribution is 2.25. The maximum atomic E-state index is 12.3. The summed E-state index contributed by atoms with van der Waals surface area (Å²) in [7, 11) is 0. The van der Waals surface area contributed by atoms with Crippen molar-refractivity contribution in [3.63, 3.8) is 0 Å². The van der Waals surface area contributed by atoms with Crippen molar-refractivity contribution in [2.75, 3.05) is 11.9 Å². The van der Waals surface area contributed by atoms with E-state index in [0.29, 0.717) is 12.2 Å². The number of ether oxygens (including phenoxy) is 1. The molecule has 0 aliphatic rings. The van der Waals surface area contributed by atoms with Gasteiger partial charge in [-0.1, -0.05) is 60.7 Å². The average Bonchev–Trinajstić information content (AvgIpc) is 2.70. The summed E-state index contributed by atoms with van der Waals surface area (Å²) in [5.74, 6) is -0.387. The number of carbonyl (C=O) groups excluding carboxylic acids is 1. The van der Waals surface area contributed by atoms with Gasteiger partial charge in [-0.2, -0.15) is 0 Å². The number of alkyl halides is 3. The monoisotopic (exact) mass is 400 g/mol. The molecule has 3 rings (SSSR count). The third-order valence-corrected chi connectivity index (χ3v) is 4.22. The smallest absolute Gasteiger partial charge is 0.406 e. The second-order valence-electron chi connectivity index (χ2n) is 6.28. The van der Waals surface area contributed by atoms with Crippen molar-refractivity contribution in [2.24, 2.45) is 0 Å². The highest BCUT2D eigenvalue weighted by Gasteiger charge is 2.30. The Morgan fingerprint density at radius 1 is 0.828 bits per heavy atom. The molecule has 0 aromatic heterocycles. The highest BCUT2D eigenvalue weighted by atomic mass is 19.4. The molecular weight excluding hydrogens is 381 g/mol. The minimum Gasteiger partial charge on any atom is -0.406 e. The van der Waals surface area contributed by atoms with Gasteiger partial charge in [0.25, 0.3) is 0 Å². The molecule has 2 amide bonds. The standard InChI is InChI=1S/C22H19F3N2O2/c23-22(24,25)29-19-13-11-18(12-14-19)27-21(28)26-15-20(16-7-3-1-4-8-16)17-9-5-2-6-10-17/h1-14,20H,15H2,(H2,26,27,28). The second kappa shape index (κ2) is 9.14. The minimum absolute atomic E-state index is 0.0364. The Balaban J connectivity index is 1.62. The maximum absolute atomic E-state index is 12.3. The second-order valence-corrected chi connectivity index (χ2v) is 6.28. The molecule has 0 bridgehead atoms. The highest BCUT2D eigenvalue weighted by molar-refractivity contribution is 5.89. The summed E-state index contributed by atoms with van der Waals surface area (Å²) < 4.78 is 40.4. The molecule has 0 unspecified atom stereocenters. The van der Waals surface area contributed by atoms with E-state index in [1.165, 1.54) is 12.1 Å². The Labute approximate surface area is 166 Å². The third-order valence-electron chi connectivity index (χ3n) is 4.22. The van der Waals surface area contributed by atoms with E-state index in [2.05, 4.69) is 15.4 Å². The summed E-state index contributed by atoms with van der Waals surface area (Å²) in [6, 6.07) is 24.1. The number of benzene rings is 3. The van der Waals surface area contributed by atoms with Crippen molar-refractivity contribution in [3.8, 4) is 5.75 Å². The van der Waals surface area contributed by atoms with Crippen LogP contribution in [0.1, 0.15) is 17.0 Å². The largest absolute Gasteiger partial charge is 0.573 e. The number of halogens is 3. The molecule has 0 saturated heterocycles. The van der Waals surface area contributed by atoms with Crippen LogP contribution in [-0.4, -0.2) is 18.9 Å². The summed E-state index contributed by atoms with van der Waals surface area (Å²) in [5, 5.41) is 5.42. The number of hydrogen-bond donors (Lipinski definition) is 2. The van der Waals surface area contributed by atoms with Crippen LogP contribution < -0.4 is 15.4 Å². The van der Waals surface area contributed by atoms with E-state index in [-0.39, 0.29) is 11.7 Å². The lowest BCUT2D eigenvalue weighted by atomic mass is 9.91. The van der Waals surface area contributed by atoms with Crippen LogP contribution in [0.15, 0.2) is 84.9 Å². The molecule has 7 heteroatoms. The van der Waals surface area contributed by atoms with Gasteiger partial charge in [0.1, 0.15) is 5.75 Å². The minimum atomic E-state index is -4.75. The molecule has 3 aromatic carbocycles. The molecule has 0 saturated carbocycles. The Morgan fingerprint density at radius 3 is 1.83 bits per heavy atom. The third kappa shape index (κ3) is 6.27.